The number of hydrogen-bond donors (Lipinski definition) is 11. The van der Waals surface area contributed by atoms with E-state index in [2.05, 4.69) is 70.2 Å². The Labute approximate surface area is 856 Å². The van der Waals surface area contributed by atoms with Crippen LogP contribution in [0.2, 0.25) is 0 Å². The number of amides is 11. The van der Waals surface area contributed by atoms with Crippen molar-refractivity contribution in [2.24, 2.45) is 11.1 Å². The lowest BCUT2D eigenvalue weighted by Crippen LogP contribution is -2.64. The molecule has 776 valence electrons. The molecule has 0 aliphatic rings. The van der Waals surface area contributed by atoms with E-state index >= 15 is 33.6 Å². The number of nitrogens with zero attached hydrogens (tertiary/aromatic N) is 2. The second kappa shape index (κ2) is 61.4. The number of ether oxygens (including phenoxy) is 6. The molecule has 9 rings (SSSR count). The summed E-state index contributed by atoms with van der Waals surface area (Å²) in [5.74, 6) is -9.10. The van der Waals surface area contributed by atoms with Crippen molar-refractivity contribution in [3.05, 3.63) is 338 Å². The molecule has 0 fully saturated rings. The van der Waals surface area contributed by atoms with Gasteiger partial charge in [-0.15, -0.1) is 0 Å². The van der Waals surface area contributed by atoms with Crippen molar-refractivity contribution in [3.63, 3.8) is 0 Å². The van der Waals surface area contributed by atoms with Crippen LogP contribution in [0, 0.1) is 23.0 Å². The highest BCUT2D eigenvalue weighted by Crippen LogP contribution is 2.23. The van der Waals surface area contributed by atoms with Crippen molar-refractivity contribution in [3.8, 4) is 0 Å². The smallest absolute Gasteiger partial charge is 0.408 e. The van der Waals surface area contributed by atoms with Crippen molar-refractivity contribution < 1.29 is 95.7 Å². The molecule has 0 aliphatic heterocycles. The molecule has 35 heteroatoms. The molecule has 146 heavy (non-hydrogen) atoms. The van der Waals surface area contributed by atoms with Crippen molar-refractivity contribution in [1.82, 2.24) is 58.5 Å². The van der Waals surface area contributed by atoms with E-state index in [1.54, 1.807) is 157 Å². The van der Waals surface area contributed by atoms with Crippen LogP contribution in [0.1, 0.15) is 134 Å². The zero-order chi connectivity index (χ0) is 105. The minimum atomic E-state index is -1.87. The van der Waals surface area contributed by atoms with Crippen LogP contribution in [0.25, 0.3) is 0 Å². The van der Waals surface area contributed by atoms with Gasteiger partial charge >= 0.3 is 18.2 Å². The molecule has 11 amide bonds. The Morgan fingerprint density at radius 3 is 1.38 bits per heavy atom. The van der Waals surface area contributed by atoms with E-state index < -0.39 is 168 Å². The van der Waals surface area contributed by atoms with E-state index in [9.17, 15) is 34.1 Å². The molecule has 9 aromatic carbocycles. The van der Waals surface area contributed by atoms with Gasteiger partial charge in [0, 0.05) is 49.1 Å². The quantitative estimate of drug-likeness (QED) is 0.00421. The number of alkyl carbamates (subject to hydrolysis) is 2. The van der Waals surface area contributed by atoms with Crippen LogP contribution < -0.4 is 58.5 Å². The number of aryl methyl sites for hydroxylation is 5. The summed E-state index contributed by atoms with van der Waals surface area (Å²) < 4.78 is 34.7. The van der Waals surface area contributed by atoms with Crippen molar-refractivity contribution >= 4 is 94.5 Å². The van der Waals surface area contributed by atoms with E-state index in [4.69, 9.17) is 33.3 Å². The fraction of sp³-hybridized carbons (Fsp3) is 0.378. The number of nitro groups is 1. The van der Waals surface area contributed by atoms with Gasteiger partial charge in [-0.1, -0.05) is 275 Å². The Kier molecular flexibility index (Phi) is 48.3. The predicted molar refractivity (Wildman–Crippen MR) is 556 cm³/mol. The van der Waals surface area contributed by atoms with E-state index in [0.717, 1.165) is 34.2 Å². The molecule has 2 unspecified atom stereocenters. The number of thioether (sulfide) groups is 1. The average Bonchev–Trinajstić information content (AvgIpc) is 0.827. The summed E-state index contributed by atoms with van der Waals surface area (Å²) in [6, 6.07) is 60.2. The highest BCUT2D eigenvalue weighted by Gasteiger charge is 2.39. The fourth-order valence-corrected chi connectivity index (χ4v) is 15.6. The van der Waals surface area contributed by atoms with Gasteiger partial charge in [-0.3, -0.25) is 53.3 Å². The number of oxime groups is 1. The number of hydrogen-bond acceptors (Lipinski definition) is 23. The van der Waals surface area contributed by atoms with Crippen LogP contribution in [0.4, 0.5) is 15.3 Å². The molecular formula is C111H135N13O21S. The molecule has 11 N–H and O–H groups in total. The molecule has 0 bridgehead atoms. The number of rotatable bonds is 60. The molecule has 0 saturated heterocycles. The molecule has 0 aromatic heterocycles. The maximum atomic E-state index is 15.8. The van der Waals surface area contributed by atoms with Gasteiger partial charge in [0.2, 0.25) is 53.2 Å². The fourth-order valence-electron chi connectivity index (χ4n) is 15.1. The minimum Gasteiger partial charge on any atom is -0.445 e. The lowest BCUT2D eigenvalue weighted by molar-refractivity contribution is -0.384. The molecule has 0 radical (unpaired) electrons. The van der Waals surface area contributed by atoms with Gasteiger partial charge in [0.1, 0.15) is 78.9 Å². The third-order valence-corrected chi connectivity index (χ3v) is 24.2. The van der Waals surface area contributed by atoms with Gasteiger partial charge in [-0.25, -0.2) is 14.4 Å². The summed E-state index contributed by atoms with van der Waals surface area (Å²) in [5.41, 5.74) is 8.18. The highest BCUT2D eigenvalue weighted by molar-refractivity contribution is 7.98. The van der Waals surface area contributed by atoms with Gasteiger partial charge in [0.25, 0.3) is 5.69 Å². The van der Waals surface area contributed by atoms with Crippen molar-refractivity contribution in [2.45, 2.75) is 199 Å². The predicted octanol–water partition coefficient (Wildman–Crippen LogP) is 11.4. The zero-order valence-electron chi connectivity index (χ0n) is 84.0. The summed E-state index contributed by atoms with van der Waals surface area (Å²) in [6.07, 6.45) is 2.80. The summed E-state index contributed by atoms with van der Waals surface area (Å²) in [5, 5.41) is 46.2. The van der Waals surface area contributed by atoms with Crippen LogP contribution in [0.15, 0.2) is 267 Å². The Hall–Kier alpha value is -14.8. The topological polar surface area (TPSA) is 457 Å². The molecular weight excluding hydrogens is 1880 g/mol. The summed E-state index contributed by atoms with van der Waals surface area (Å²) in [6.45, 7) is 15.0. The molecule has 0 heterocycles. The number of nitro benzene ring substituents is 1. The minimum absolute atomic E-state index is 0.0142. The standard InChI is InChI=1S/C111H135N13O21S/c1-11-61-142-109(135)113-69-94(104(130)117-92(68-83-51-47-80(48-52-83)44-42-78-31-21-15-22-32-78)102(128)116-93(66-81-33-23-16-24-34-81)103(129)121-97(75(5)12-2)106(132)115-90(59-65-146-10)108(134)145-123-99(86-53-39-74(4)40-54-86)87-55-57-88(58-56-87)124(137)138)118-107(133)98(76(6)143-71-85-37-27-18-28-38-85)122-105(131)95(72-141-70-84-35-25-17-26-36-84)119-101(127)91(67-82-49-45-79(46-50-82)43-41-77-29-19-14-20-30-77)114-96(125)73-140-64-63-139-62-60-112-100(126)89(13-3)120-110(136)144-111(7,8)9/h11,14-40,45-58,75-76,89-95,97-98H,1,12-13,41-44,59-73H2,2-10H3,(H,112,126)(H,113,135)(H,114,125)(H,115,132)(H,116,128)(H,117,130)(H,118,133)(H,119,127)(H,120,136)(H,121,129)(H,122,131)/b123-99+/t75?,76?,89-,90-,91-,92-,93-,94-,95-,97-,98-/m0/s1. The number of nitrogens with one attached hydrogen (secondary N) is 11. The molecule has 34 nitrogen and oxygen atoms in total. The summed E-state index contributed by atoms with van der Waals surface area (Å²) in [7, 11) is 0. The largest absolute Gasteiger partial charge is 0.445 e. The van der Waals surface area contributed by atoms with E-state index in [1.807, 2.05) is 122 Å². The Morgan fingerprint density at radius 2 is 0.870 bits per heavy atom. The first-order chi connectivity index (χ1) is 70.3. The van der Waals surface area contributed by atoms with Crippen LogP contribution in [0.3, 0.4) is 0 Å². The first kappa shape index (κ1) is 115. The maximum absolute atomic E-state index is 15.8. The van der Waals surface area contributed by atoms with E-state index in [0.29, 0.717) is 70.4 Å². The zero-order valence-corrected chi connectivity index (χ0v) is 84.8. The third kappa shape index (κ3) is 40.8. The van der Waals surface area contributed by atoms with Crippen molar-refractivity contribution in [2.75, 3.05) is 64.7 Å². The summed E-state index contributed by atoms with van der Waals surface area (Å²) >= 11 is 1.39. The highest BCUT2D eigenvalue weighted by atomic mass is 32.2. The van der Waals surface area contributed by atoms with Crippen molar-refractivity contribution in [1.29, 1.82) is 0 Å². The molecule has 11 atom stereocenters. The van der Waals surface area contributed by atoms with Gasteiger partial charge in [-0.2, -0.15) is 11.8 Å². The summed E-state index contributed by atoms with van der Waals surface area (Å²) in [4.78, 5) is 193. The number of non-ortho nitro benzene ring substituents is 1. The van der Waals surface area contributed by atoms with Crippen LogP contribution >= 0.6 is 11.8 Å². The molecule has 9 aromatic rings. The number of carbonyl (C=O) groups is 12. The molecule has 0 spiro atoms. The second-order valence-corrected chi connectivity index (χ2v) is 37.1. The van der Waals surface area contributed by atoms with Crippen LogP contribution in [0.5, 0.6) is 0 Å². The van der Waals surface area contributed by atoms with Gasteiger partial charge < -0.3 is 91.7 Å². The van der Waals surface area contributed by atoms with Gasteiger partial charge in [-0.05, 0) is 153 Å². The van der Waals surface area contributed by atoms with Crippen LogP contribution in [-0.4, -0.2) is 213 Å². The number of carbonyl (C=O) groups excluding carboxylic acids is 12. The Balaban J connectivity index is 1.01. The average molecular weight is 2020 g/mol. The van der Waals surface area contributed by atoms with Crippen LogP contribution in [-0.2, 0) is 139 Å². The lowest BCUT2D eigenvalue weighted by Gasteiger charge is -2.30. The monoisotopic (exact) mass is 2020 g/mol. The first-order valence-electron chi connectivity index (χ1n) is 48.8. The Morgan fingerprint density at radius 1 is 0.438 bits per heavy atom. The Bertz CT molecular complexity index is 5700. The van der Waals surface area contributed by atoms with E-state index in [-0.39, 0.29) is 89.7 Å². The second-order valence-electron chi connectivity index (χ2n) is 36.1. The third-order valence-electron chi connectivity index (χ3n) is 23.5. The maximum Gasteiger partial charge on any atom is 0.408 e. The number of benzene rings is 9. The SMILES string of the molecule is C=CCOC(=O)NC[C@H](NC(=O)[C@@H](NC(=O)[C@H](COCc1ccccc1)NC(=O)[C@H](Cc1ccc(CCc2ccccc2)cc1)NC(=O)COCCOCCNC(=O)[C@H](CC)NC(=O)OC(C)(C)C)C(C)OCc1ccccc1)C(=O)N[C@@H](Cc1ccc(CCc2ccccc2)cc1)C(=O)N[C@@H](Cc1ccccc1)C(=O)N[C@H](C(=O)N[C@@H](CCSC)C(=O)O/N=C(\c1ccc(C)cc1)c1ccc([N+](=O)[O-])cc1)C(C)CC. The molecule has 0 saturated carbocycles. The van der Waals surface area contributed by atoms with E-state index in [1.165, 1.54) is 49.0 Å². The first-order valence-corrected chi connectivity index (χ1v) is 50.2. The lowest BCUT2D eigenvalue weighted by atomic mass is 9.96. The normalized spacial score (nSPS) is 13.6. The molecule has 0 aliphatic carbocycles. The van der Waals surface area contributed by atoms with Gasteiger partial charge in [0.15, 0.2) is 0 Å². The van der Waals surface area contributed by atoms with Gasteiger partial charge in [0.05, 0.1) is 57.2 Å².